The Morgan fingerprint density at radius 1 is 0.429 bits per heavy atom. The summed E-state index contributed by atoms with van der Waals surface area (Å²) in [4.78, 5) is 4.93. The molecule has 13 rings (SSSR count). The summed E-state index contributed by atoms with van der Waals surface area (Å²) in [7, 11) is 0. The highest BCUT2D eigenvalue weighted by molar-refractivity contribution is 7.23. The van der Waals surface area contributed by atoms with E-state index in [1.165, 1.54) is 66.0 Å². The molecule has 0 amide bonds. The standard InChI is InChI=1S/C59H38N2OS/c1-3-15-39(16-4-1)41-29-32-57-43(35-41)37-58(63-57)61(53-24-12-8-19-46(53)42-28-27-40-33-34-62-56(40)36-42)45-30-31-48-47-20-7-9-21-49(47)59(52(48)38-45)50-22-10-13-25-54(50)60(44-17-5-2-6-18-44)55-26-14-11-23-51(55)59/h1-38H. The van der Waals surface area contributed by atoms with Gasteiger partial charge in [-0.1, -0.05) is 152 Å². The van der Waals surface area contributed by atoms with E-state index in [1.807, 2.05) is 17.4 Å². The van der Waals surface area contributed by atoms with Crippen molar-refractivity contribution in [2.75, 3.05) is 9.80 Å². The van der Waals surface area contributed by atoms with E-state index < -0.39 is 5.41 Å². The first-order chi connectivity index (χ1) is 31.2. The maximum Gasteiger partial charge on any atom is 0.134 e. The van der Waals surface area contributed by atoms with Gasteiger partial charge in [0, 0.05) is 27.0 Å². The third-order valence-corrected chi connectivity index (χ3v) is 14.2. The van der Waals surface area contributed by atoms with E-state index in [2.05, 4.69) is 228 Å². The van der Waals surface area contributed by atoms with Crippen LogP contribution in [0.25, 0.3) is 54.4 Å². The fourth-order valence-electron chi connectivity index (χ4n) is 10.5. The molecule has 0 N–H and O–H groups in total. The van der Waals surface area contributed by atoms with Gasteiger partial charge in [0.1, 0.15) is 10.6 Å². The van der Waals surface area contributed by atoms with Gasteiger partial charge in [-0.2, -0.15) is 0 Å². The number of hydrogen-bond donors (Lipinski definition) is 0. The van der Waals surface area contributed by atoms with Crippen LogP contribution in [0.1, 0.15) is 22.3 Å². The lowest BCUT2D eigenvalue weighted by molar-refractivity contribution is 0.616. The highest BCUT2D eigenvalue weighted by atomic mass is 32.1. The number of nitrogens with zero attached hydrogens (tertiary/aromatic N) is 2. The number of hydrogen-bond acceptors (Lipinski definition) is 4. The third-order valence-electron chi connectivity index (χ3n) is 13.1. The number of thiophene rings is 1. The zero-order valence-corrected chi connectivity index (χ0v) is 35.0. The van der Waals surface area contributed by atoms with E-state index >= 15 is 0 Å². The number of anilines is 6. The number of fused-ring (bicyclic) bond motifs is 11. The fourth-order valence-corrected chi connectivity index (χ4v) is 11.5. The largest absolute Gasteiger partial charge is 0.464 e. The average Bonchev–Trinajstić information content (AvgIpc) is 4.07. The van der Waals surface area contributed by atoms with Gasteiger partial charge in [-0.25, -0.2) is 0 Å². The summed E-state index contributed by atoms with van der Waals surface area (Å²) < 4.78 is 7.20. The lowest BCUT2D eigenvalue weighted by Crippen LogP contribution is -2.36. The zero-order valence-electron chi connectivity index (χ0n) is 34.2. The summed E-state index contributed by atoms with van der Waals surface area (Å²) in [6.07, 6.45) is 1.77. The molecule has 0 saturated carbocycles. The second kappa shape index (κ2) is 14.1. The van der Waals surface area contributed by atoms with Crippen LogP contribution in [0.15, 0.2) is 235 Å². The molecule has 0 radical (unpaired) electrons. The van der Waals surface area contributed by atoms with Crippen molar-refractivity contribution in [3.8, 4) is 33.4 Å². The molecule has 2 aromatic heterocycles. The highest BCUT2D eigenvalue weighted by Gasteiger charge is 2.51. The Bertz CT molecular complexity index is 3500. The van der Waals surface area contributed by atoms with Crippen molar-refractivity contribution >= 4 is 65.8 Å². The van der Waals surface area contributed by atoms with Gasteiger partial charge in [-0.05, 0) is 128 Å². The molecule has 1 spiro atoms. The van der Waals surface area contributed by atoms with Crippen LogP contribution in [-0.4, -0.2) is 0 Å². The summed E-state index contributed by atoms with van der Waals surface area (Å²) in [5, 5.41) is 3.46. The van der Waals surface area contributed by atoms with Gasteiger partial charge in [-0.15, -0.1) is 11.3 Å². The molecule has 9 aromatic carbocycles. The van der Waals surface area contributed by atoms with Crippen molar-refractivity contribution in [2.24, 2.45) is 0 Å². The molecule has 0 bridgehead atoms. The molecule has 4 heteroatoms. The quantitative estimate of drug-likeness (QED) is 0.167. The second-order valence-electron chi connectivity index (χ2n) is 16.5. The van der Waals surface area contributed by atoms with Gasteiger partial charge >= 0.3 is 0 Å². The van der Waals surface area contributed by atoms with Crippen LogP contribution in [0.2, 0.25) is 0 Å². The van der Waals surface area contributed by atoms with Crippen LogP contribution < -0.4 is 9.80 Å². The lowest BCUT2D eigenvalue weighted by Gasteiger charge is -2.45. The van der Waals surface area contributed by atoms with Gasteiger partial charge in [0.25, 0.3) is 0 Å². The SMILES string of the molecule is c1ccc(-c2ccc3sc(N(c4ccc5c(c4)C4(c6ccccc6-5)c5ccccc5N(c5ccccc5)c5ccccc54)c4ccccc4-c4ccc5ccoc5c4)cc3c2)cc1. The van der Waals surface area contributed by atoms with E-state index in [9.17, 15) is 0 Å². The van der Waals surface area contributed by atoms with Crippen LogP contribution in [0.4, 0.5) is 33.4 Å². The monoisotopic (exact) mass is 822 g/mol. The predicted molar refractivity (Wildman–Crippen MR) is 263 cm³/mol. The van der Waals surface area contributed by atoms with Gasteiger partial charge in [0.05, 0.1) is 28.7 Å². The van der Waals surface area contributed by atoms with E-state index in [4.69, 9.17) is 4.42 Å². The van der Waals surface area contributed by atoms with Crippen LogP contribution in [0.3, 0.4) is 0 Å². The molecule has 0 unspecified atom stereocenters. The Labute approximate surface area is 370 Å². The molecule has 1 aliphatic heterocycles. The smallest absolute Gasteiger partial charge is 0.134 e. The van der Waals surface area contributed by atoms with Crippen LogP contribution >= 0.6 is 11.3 Å². The Morgan fingerprint density at radius 2 is 1.08 bits per heavy atom. The van der Waals surface area contributed by atoms with Crippen molar-refractivity contribution in [1.29, 1.82) is 0 Å². The topological polar surface area (TPSA) is 19.6 Å². The summed E-state index contributed by atoms with van der Waals surface area (Å²) in [5.74, 6) is 0. The summed E-state index contributed by atoms with van der Waals surface area (Å²) >= 11 is 1.83. The molecule has 1 aliphatic carbocycles. The average molecular weight is 823 g/mol. The van der Waals surface area contributed by atoms with E-state index in [1.54, 1.807) is 6.26 Å². The van der Waals surface area contributed by atoms with Gasteiger partial charge in [0.15, 0.2) is 0 Å². The number of rotatable bonds is 6. The minimum absolute atomic E-state index is 0.583. The number of para-hydroxylation sites is 4. The first-order valence-electron chi connectivity index (χ1n) is 21.5. The highest BCUT2D eigenvalue weighted by Crippen LogP contribution is 2.64. The first-order valence-corrected chi connectivity index (χ1v) is 22.3. The van der Waals surface area contributed by atoms with Crippen molar-refractivity contribution < 1.29 is 4.42 Å². The molecule has 0 atom stereocenters. The van der Waals surface area contributed by atoms with Crippen LogP contribution in [0.5, 0.6) is 0 Å². The summed E-state index contributed by atoms with van der Waals surface area (Å²) in [5.41, 5.74) is 18.3. The normalized spacial score (nSPS) is 13.2. The number of benzene rings is 9. The van der Waals surface area contributed by atoms with E-state index in [0.29, 0.717) is 0 Å². The molecule has 0 fully saturated rings. The maximum absolute atomic E-state index is 5.96. The van der Waals surface area contributed by atoms with Crippen LogP contribution in [-0.2, 0) is 5.41 Å². The van der Waals surface area contributed by atoms with Gasteiger partial charge < -0.3 is 14.2 Å². The Morgan fingerprint density at radius 3 is 1.87 bits per heavy atom. The molecule has 0 saturated heterocycles. The third kappa shape index (κ3) is 5.38. The molecule has 3 nitrogen and oxygen atoms in total. The molecule has 3 heterocycles. The molecule has 11 aromatic rings. The van der Waals surface area contributed by atoms with Gasteiger partial charge in [-0.3, -0.25) is 0 Å². The minimum Gasteiger partial charge on any atom is -0.464 e. The predicted octanol–water partition coefficient (Wildman–Crippen LogP) is 16.6. The maximum atomic E-state index is 5.96. The Balaban J connectivity index is 1.08. The van der Waals surface area contributed by atoms with Crippen LogP contribution in [0, 0.1) is 0 Å². The minimum atomic E-state index is -0.583. The Kier molecular flexibility index (Phi) is 7.99. The van der Waals surface area contributed by atoms with E-state index in [0.717, 1.165) is 44.2 Å². The van der Waals surface area contributed by atoms with Gasteiger partial charge in [0.2, 0.25) is 0 Å². The molecule has 63 heavy (non-hydrogen) atoms. The lowest BCUT2D eigenvalue weighted by atomic mass is 9.64. The van der Waals surface area contributed by atoms with Crippen molar-refractivity contribution in [1.82, 2.24) is 0 Å². The van der Waals surface area contributed by atoms with Crippen molar-refractivity contribution in [3.63, 3.8) is 0 Å². The fraction of sp³-hybridized carbons (Fsp3) is 0.0169. The van der Waals surface area contributed by atoms with Crippen molar-refractivity contribution in [3.05, 3.63) is 253 Å². The molecule has 296 valence electrons. The zero-order chi connectivity index (χ0) is 41.5. The Hall–Kier alpha value is -7.92. The molecule has 2 aliphatic rings. The summed E-state index contributed by atoms with van der Waals surface area (Å²) in [6, 6.07) is 82.4. The van der Waals surface area contributed by atoms with Crippen molar-refractivity contribution in [2.45, 2.75) is 5.41 Å². The first kappa shape index (κ1) is 35.8. The second-order valence-corrected chi connectivity index (χ2v) is 17.5. The molecular formula is C59H38N2OS. The van der Waals surface area contributed by atoms with E-state index in [-0.39, 0.29) is 0 Å². The molecular weight excluding hydrogens is 785 g/mol. The number of furan rings is 1. The summed E-state index contributed by atoms with van der Waals surface area (Å²) in [6.45, 7) is 0.